The lowest BCUT2D eigenvalue weighted by Gasteiger charge is -2.25. The fourth-order valence-electron chi connectivity index (χ4n) is 2.89. The van der Waals surface area contributed by atoms with Crippen LogP contribution < -0.4 is 5.32 Å². The minimum Gasteiger partial charge on any atom is -0.446 e. The summed E-state index contributed by atoms with van der Waals surface area (Å²) in [4.78, 5) is 25.2. The van der Waals surface area contributed by atoms with E-state index in [1.165, 1.54) is 0 Å². The van der Waals surface area contributed by atoms with Crippen molar-refractivity contribution in [2.75, 3.05) is 11.9 Å². The highest BCUT2D eigenvalue weighted by atomic mass is 19.4. The number of hydrogen-bond acceptors (Lipinski definition) is 4. The Bertz CT molecular complexity index is 841. The molecule has 1 aliphatic heterocycles. The summed E-state index contributed by atoms with van der Waals surface area (Å²) in [6.45, 7) is -0.128. The standard InChI is InChI=1S/C19H16F4N2O3/c20-13-6-8-14(9-7-13)24-16(19(21,22)23)10-17(26)25-15(11-28-18(25)27)12-4-2-1-3-5-12/h1-9,15-16,24H,10-11H2/t15-,16-/m0/s1. The lowest BCUT2D eigenvalue weighted by atomic mass is 10.1. The molecule has 9 heteroatoms. The molecule has 1 aliphatic rings. The second kappa shape index (κ2) is 7.87. The number of imide groups is 1. The van der Waals surface area contributed by atoms with E-state index >= 15 is 0 Å². The second-order valence-corrected chi connectivity index (χ2v) is 6.22. The van der Waals surface area contributed by atoms with Gasteiger partial charge in [-0.25, -0.2) is 14.1 Å². The maximum Gasteiger partial charge on any atom is 0.417 e. The van der Waals surface area contributed by atoms with Crippen LogP contribution in [0.1, 0.15) is 18.0 Å². The summed E-state index contributed by atoms with van der Waals surface area (Å²) in [6, 6.07) is 9.66. The minimum atomic E-state index is -4.77. The van der Waals surface area contributed by atoms with Gasteiger partial charge in [-0.15, -0.1) is 0 Å². The Balaban J connectivity index is 1.78. The Morgan fingerprint density at radius 3 is 2.39 bits per heavy atom. The molecule has 0 aromatic heterocycles. The third-order valence-corrected chi connectivity index (χ3v) is 4.29. The van der Waals surface area contributed by atoms with Gasteiger partial charge in [0.05, 0.1) is 6.42 Å². The zero-order valence-electron chi connectivity index (χ0n) is 14.4. The van der Waals surface area contributed by atoms with Crippen LogP contribution in [0.5, 0.6) is 0 Å². The third-order valence-electron chi connectivity index (χ3n) is 4.29. The zero-order chi connectivity index (χ0) is 20.3. The van der Waals surface area contributed by atoms with E-state index in [4.69, 9.17) is 4.74 Å². The van der Waals surface area contributed by atoms with E-state index in [1.54, 1.807) is 30.3 Å². The molecule has 28 heavy (non-hydrogen) atoms. The van der Waals surface area contributed by atoms with Gasteiger partial charge in [0.15, 0.2) is 0 Å². The smallest absolute Gasteiger partial charge is 0.417 e. The lowest BCUT2D eigenvalue weighted by molar-refractivity contribution is -0.153. The van der Waals surface area contributed by atoms with Crippen molar-refractivity contribution >= 4 is 17.7 Å². The van der Waals surface area contributed by atoms with Crippen LogP contribution in [0.2, 0.25) is 0 Å². The average Bonchev–Trinajstić information content (AvgIpc) is 3.04. The van der Waals surface area contributed by atoms with Crippen molar-refractivity contribution < 1.29 is 31.9 Å². The van der Waals surface area contributed by atoms with Crippen molar-refractivity contribution in [1.29, 1.82) is 0 Å². The van der Waals surface area contributed by atoms with Crippen LogP contribution in [-0.2, 0) is 9.53 Å². The average molecular weight is 396 g/mol. The molecule has 3 rings (SSSR count). The van der Waals surface area contributed by atoms with Crippen molar-refractivity contribution in [1.82, 2.24) is 4.90 Å². The molecule has 1 saturated heterocycles. The van der Waals surface area contributed by atoms with Crippen molar-refractivity contribution in [2.45, 2.75) is 24.7 Å². The van der Waals surface area contributed by atoms with E-state index in [9.17, 15) is 27.2 Å². The number of rotatable bonds is 5. The number of halogens is 4. The molecule has 5 nitrogen and oxygen atoms in total. The van der Waals surface area contributed by atoms with Gasteiger partial charge in [-0.3, -0.25) is 4.79 Å². The number of anilines is 1. The minimum absolute atomic E-state index is 0.000123. The summed E-state index contributed by atoms with van der Waals surface area (Å²) >= 11 is 0. The number of nitrogens with one attached hydrogen (secondary N) is 1. The molecule has 0 aliphatic carbocycles. The number of hydrogen-bond donors (Lipinski definition) is 1. The van der Waals surface area contributed by atoms with E-state index in [2.05, 4.69) is 5.32 Å². The van der Waals surface area contributed by atoms with Gasteiger partial charge >= 0.3 is 12.3 Å². The van der Waals surface area contributed by atoms with Crippen LogP contribution in [0.4, 0.5) is 28.0 Å². The number of alkyl halides is 3. The summed E-state index contributed by atoms with van der Waals surface area (Å²) in [5.41, 5.74) is 0.580. The first-order valence-electron chi connectivity index (χ1n) is 8.38. The van der Waals surface area contributed by atoms with Gasteiger partial charge in [-0.2, -0.15) is 13.2 Å². The van der Waals surface area contributed by atoms with Crippen molar-refractivity contribution in [3.05, 3.63) is 66.0 Å². The molecule has 1 N–H and O–H groups in total. The molecule has 0 bridgehead atoms. The van der Waals surface area contributed by atoms with Gasteiger partial charge in [0.25, 0.3) is 0 Å². The van der Waals surface area contributed by atoms with Gasteiger partial charge in [0, 0.05) is 5.69 Å². The predicted octanol–water partition coefficient (Wildman–Crippen LogP) is 4.28. The normalized spacial score (nSPS) is 17.9. The van der Waals surface area contributed by atoms with Crippen LogP contribution in [0.3, 0.4) is 0 Å². The second-order valence-electron chi connectivity index (χ2n) is 6.22. The molecular weight excluding hydrogens is 380 g/mol. The molecule has 0 unspecified atom stereocenters. The molecule has 2 atom stereocenters. The molecule has 0 spiro atoms. The summed E-state index contributed by atoms with van der Waals surface area (Å²) in [5.74, 6) is -1.62. The number of ether oxygens (including phenoxy) is 1. The Morgan fingerprint density at radius 2 is 1.79 bits per heavy atom. The highest BCUT2D eigenvalue weighted by Gasteiger charge is 2.45. The molecular formula is C19H16F4N2O3. The zero-order valence-corrected chi connectivity index (χ0v) is 14.4. The largest absolute Gasteiger partial charge is 0.446 e. The van der Waals surface area contributed by atoms with E-state index < -0.39 is 42.5 Å². The Labute approximate surface area is 157 Å². The molecule has 0 saturated carbocycles. The lowest BCUT2D eigenvalue weighted by Crippen LogP contribution is -2.43. The molecule has 148 valence electrons. The van der Waals surface area contributed by atoms with E-state index in [1.807, 2.05) is 0 Å². The third kappa shape index (κ3) is 4.41. The number of nitrogens with zero attached hydrogens (tertiary/aromatic N) is 1. The first kappa shape index (κ1) is 19.7. The number of carbonyl (C=O) groups excluding carboxylic acids is 2. The molecule has 2 aromatic rings. The molecule has 1 fully saturated rings. The number of cyclic esters (lactones) is 1. The van der Waals surface area contributed by atoms with Gasteiger partial charge in [0.1, 0.15) is 24.5 Å². The monoisotopic (exact) mass is 396 g/mol. The molecule has 0 radical (unpaired) electrons. The van der Waals surface area contributed by atoms with Crippen LogP contribution in [-0.4, -0.2) is 35.7 Å². The van der Waals surface area contributed by atoms with Crippen molar-refractivity contribution in [2.24, 2.45) is 0 Å². The highest BCUT2D eigenvalue weighted by Crippen LogP contribution is 2.31. The number of benzene rings is 2. The predicted molar refractivity (Wildman–Crippen MR) is 91.9 cm³/mol. The van der Waals surface area contributed by atoms with Crippen molar-refractivity contribution in [3.63, 3.8) is 0 Å². The Morgan fingerprint density at radius 1 is 1.14 bits per heavy atom. The topological polar surface area (TPSA) is 58.6 Å². The van der Waals surface area contributed by atoms with Crippen LogP contribution in [0.25, 0.3) is 0 Å². The van der Waals surface area contributed by atoms with Gasteiger partial charge < -0.3 is 10.1 Å². The van der Waals surface area contributed by atoms with Crippen LogP contribution >= 0.6 is 0 Å². The first-order chi connectivity index (χ1) is 13.3. The first-order valence-corrected chi connectivity index (χ1v) is 8.38. The van der Waals surface area contributed by atoms with Crippen molar-refractivity contribution in [3.8, 4) is 0 Å². The van der Waals surface area contributed by atoms with E-state index in [-0.39, 0.29) is 12.3 Å². The number of carbonyl (C=O) groups is 2. The fourth-order valence-corrected chi connectivity index (χ4v) is 2.89. The van der Waals surface area contributed by atoms with Gasteiger partial charge in [-0.1, -0.05) is 30.3 Å². The summed E-state index contributed by atoms with van der Waals surface area (Å²) in [7, 11) is 0. The molecule has 1 heterocycles. The quantitative estimate of drug-likeness (QED) is 0.767. The summed E-state index contributed by atoms with van der Waals surface area (Å²) in [6.07, 6.45) is -6.77. The van der Waals surface area contributed by atoms with Gasteiger partial charge in [-0.05, 0) is 29.8 Å². The fraction of sp³-hybridized carbons (Fsp3) is 0.263. The summed E-state index contributed by atoms with van der Waals surface area (Å²) in [5, 5.41) is 2.18. The maximum atomic E-state index is 13.4. The molecule has 2 amide bonds. The Hall–Kier alpha value is -3.10. The van der Waals surface area contributed by atoms with Crippen LogP contribution in [0, 0.1) is 5.82 Å². The van der Waals surface area contributed by atoms with Crippen LogP contribution in [0.15, 0.2) is 54.6 Å². The van der Waals surface area contributed by atoms with Gasteiger partial charge in [0.2, 0.25) is 5.91 Å². The highest BCUT2D eigenvalue weighted by molar-refractivity contribution is 5.94. The number of amides is 2. The SMILES string of the molecule is O=C(C[C@H](Nc1ccc(F)cc1)C(F)(F)F)N1C(=O)OC[C@H]1c1ccccc1. The van der Waals surface area contributed by atoms with E-state index in [0.717, 1.165) is 24.3 Å². The summed E-state index contributed by atoms with van der Waals surface area (Å²) < 4.78 is 58.1. The molecule has 2 aromatic carbocycles. The Kier molecular flexibility index (Phi) is 5.53. The van der Waals surface area contributed by atoms with E-state index in [0.29, 0.717) is 10.5 Å². The maximum absolute atomic E-state index is 13.4.